The third kappa shape index (κ3) is 3.20. The number of rotatable bonds is 4. The van der Waals surface area contributed by atoms with Gasteiger partial charge in [0.05, 0.1) is 6.04 Å². The van der Waals surface area contributed by atoms with E-state index in [0.717, 1.165) is 5.56 Å². The van der Waals surface area contributed by atoms with Gasteiger partial charge in [-0.3, -0.25) is 4.79 Å². The number of carbonyl (C=O) groups excluding carboxylic acids is 1. The van der Waals surface area contributed by atoms with Crippen LogP contribution in [-0.2, 0) is 10.0 Å². The van der Waals surface area contributed by atoms with Crippen molar-refractivity contribution >= 4 is 15.9 Å². The molecule has 6 nitrogen and oxygen atoms in total. The SMILES string of the molecule is Cc1oc(C)c(S(N)(=O)=O)c1C(=O)NC(C)c1ccccc1. The van der Waals surface area contributed by atoms with Crippen molar-refractivity contribution in [2.75, 3.05) is 0 Å². The molecule has 1 amide bonds. The predicted molar refractivity (Wildman–Crippen MR) is 81.9 cm³/mol. The summed E-state index contributed by atoms with van der Waals surface area (Å²) in [5, 5.41) is 7.94. The molecule has 2 aromatic rings. The van der Waals surface area contributed by atoms with Crippen LogP contribution < -0.4 is 10.5 Å². The summed E-state index contributed by atoms with van der Waals surface area (Å²) in [6.45, 7) is 4.81. The molecule has 0 aliphatic carbocycles. The zero-order valence-electron chi connectivity index (χ0n) is 12.6. The van der Waals surface area contributed by atoms with Gasteiger partial charge in [-0.2, -0.15) is 0 Å². The van der Waals surface area contributed by atoms with Crippen LogP contribution in [0, 0.1) is 13.8 Å². The number of nitrogens with one attached hydrogen (secondary N) is 1. The molecule has 118 valence electrons. The molecule has 0 fully saturated rings. The number of hydrogen-bond acceptors (Lipinski definition) is 4. The van der Waals surface area contributed by atoms with Crippen molar-refractivity contribution in [1.82, 2.24) is 5.32 Å². The lowest BCUT2D eigenvalue weighted by molar-refractivity contribution is 0.0935. The molecule has 0 saturated carbocycles. The number of benzene rings is 1. The van der Waals surface area contributed by atoms with Gasteiger partial charge in [-0.1, -0.05) is 30.3 Å². The molecule has 0 aliphatic rings. The monoisotopic (exact) mass is 322 g/mol. The highest BCUT2D eigenvalue weighted by molar-refractivity contribution is 7.89. The van der Waals surface area contributed by atoms with Crippen molar-refractivity contribution in [2.24, 2.45) is 5.14 Å². The highest BCUT2D eigenvalue weighted by Crippen LogP contribution is 2.26. The third-order valence-corrected chi connectivity index (χ3v) is 4.42. The smallest absolute Gasteiger partial charge is 0.256 e. The summed E-state index contributed by atoms with van der Waals surface area (Å²) in [6.07, 6.45) is 0. The molecule has 22 heavy (non-hydrogen) atoms. The molecule has 0 aliphatic heterocycles. The third-order valence-electron chi connectivity index (χ3n) is 3.36. The quantitative estimate of drug-likeness (QED) is 0.899. The number of furan rings is 1. The Morgan fingerprint density at radius 1 is 1.18 bits per heavy atom. The van der Waals surface area contributed by atoms with E-state index in [4.69, 9.17) is 9.56 Å². The maximum absolute atomic E-state index is 12.4. The van der Waals surface area contributed by atoms with E-state index >= 15 is 0 Å². The zero-order valence-corrected chi connectivity index (χ0v) is 13.4. The Labute approximate surface area is 129 Å². The minimum Gasteiger partial charge on any atom is -0.464 e. The first-order chi connectivity index (χ1) is 10.2. The van der Waals surface area contributed by atoms with Gasteiger partial charge in [-0.25, -0.2) is 13.6 Å². The van der Waals surface area contributed by atoms with Crippen LogP contribution in [0.4, 0.5) is 0 Å². The van der Waals surface area contributed by atoms with Crippen LogP contribution in [0.5, 0.6) is 0 Å². The van der Waals surface area contributed by atoms with Crippen LogP contribution in [0.1, 0.15) is 40.4 Å². The van der Waals surface area contributed by atoms with Crippen molar-refractivity contribution < 1.29 is 17.6 Å². The van der Waals surface area contributed by atoms with Gasteiger partial charge in [0.1, 0.15) is 22.0 Å². The van der Waals surface area contributed by atoms with Gasteiger partial charge in [0.2, 0.25) is 10.0 Å². The largest absolute Gasteiger partial charge is 0.464 e. The fourth-order valence-corrected chi connectivity index (χ4v) is 3.33. The van der Waals surface area contributed by atoms with E-state index in [1.807, 2.05) is 37.3 Å². The number of nitrogens with two attached hydrogens (primary N) is 1. The molecule has 0 radical (unpaired) electrons. The summed E-state index contributed by atoms with van der Waals surface area (Å²) in [5.74, 6) is -0.202. The number of sulfonamides is 1. The Kier molecular flexibility index (Phi) is 4.39. The molecular weight excluding hydrogens is 304 g/mol. The van der Waals surface area contributed by atoms with Crippen LogP contribution in [0.3, 0.4) is 0 Å². The topological polar surface area (TPSA) is 102 Å². The molecule has 1 heterocycles. The van der Waals surface area contributed by atoms with Gasteiger partial charge >= 0.3 is 0 Å². The van der Waals surface area contributed by atoms with E-state index in [0.29, 0.717) is 0 Å². The molecule has 0 saturated heterocycles. The van der Waals surface area contributed by atoms with Crippen LogP contribution in [0.2, 0.25) is 0 Å². The minimum atomic E-state index is -4.04. The fourth-order valence-electron chi connectivity index (χ4n) is 2.36. The first-order valence-electron chi connectivity index (χ1n) is 6.70. The van der Waals surface area contributed by atoms with Crippen molar-refractivity contribution in [3.8, 4) is 0 Å². The van der Waals surface area contributed by atoms with E-state index in [2.05, 4.69) is 5.32 Å². The number of primary sulfonamides is 1. The Bertz CT molecular complexity index is 794. The van der Waals surface area contributed by atoms with Crippen molar-refractivity contribution in [1.29, 1.82) is 0 Å². The average molecular weight is 322 g/mol. The Morgan fingerprint density at radius 2 is 1.77 bits per heavy atom. The summed E-state index contributed by atoms with van der Waals surface area (Å²) in [4.78, 5) is 12.2. The van der Waals surface area contributed by atoms with Gasteiger partial charge in [-0.05, 0) is 26.3 Å². The predicted octanol–water partition coefficient (Wildman–Crippen LogP) is 2.03. The standard InChI is InChI=1S/C15H18N2O4S/c1-9(12-7-5-4-6-8-12)17-15(18)13-10(2)21-11(3)14(13)22(16,19)20/h4-9H,1-3H3,(H,17,18)(H2,16,19,20). The van der Waals surface area contributed by atoms with Crippen molar-refractivity contribution in [3.63, 3.8) is 0 Å². The molecule has 0 bridgehead atoms. The van der Waals surface area contributed by atoms with E-state index in [9.17, 15) is 13.2 Å². The highest BCUT2D eigenvalue weighted by Gasteiger charge is 2.29. The molecule has 1 unspecified atom stereocenters. The lowest BCUT2D eigenvalue weighted by atomic mass is 10.1. The molecule has 3 N–H and O–H groups in total. The molecule has 0 spiro atoms. The van der Waals surface area contributed by atoms with Gasteiger partial charge in [0.25, 0.3) is 5.91 Å². The van der Waals surface area contributed by atoms with E-state index in [1.54, 1.807) is 0 Å². The maximum atomic E-state index is 12.4. The van der Waals surface area contributed by atoms with Crippen LogP contribution in [-0.4, -0.2) is 14.3 Å². The Morgan fingerprint density at radius 3 is 2.32 bits per heavy atom. The molecule has 7 heteroatoms. The second-order valence-electron chi connectivity index (χ2n) is 5.07. The zero-order chi connectivity index (χ0) is 16.5. The van der Waals surface area contributed by atoms with Gasteiger partial charge in [-0.15, -0.1) is 0 Å². The first kappa shape index (κ1) is 16.3. The number of amides is 1. The lowest BCUT2D eigenvalue weighted by Crippen LogP contribution is -2.29. The summed E-state index contributed by atoms with van der Waals surface area (Å²) in [7, 11) is -4.04. The molecule has 2 rings (SSSR count). The number of hydrogen-bond donors (Lipinski definition) is 2. The maximum Gasteiger partial charge on any atom is 0.256 e. The second-order valence-corrected chi connectivity index (χ2v) is 6.57. The minimum absolute atomic E-state index is 0.0391. The Hall–Kier alpha value is -2.12. The second kappa shape index (κ2) is 5.94. The van der Waals surface area contributed by atoms with Gasteiger partial charge in [0, 0.05) is 0 Å². The fraction of sp³-hybridized carbons (Fsp3) is 0.267. The van der Waals surface area contributed by atoms with Crippen LogP contribution in [0.25, 0.3) is 0 Å². The van der Waals surface area contributed by atoms with Crippen molar-refractivity contribution in [3.05, 3.63) is 53.0 Å². The van der Waals surface area contributed by atoms with Crippen molar-refractivity contribution in [2.45, 2.75) is 31.7 Å². The van der Waals surface area contributed by atoms with E-state index < -0.39 is 15.9 Å². The normalized spacial score (nSPS) is 12.9. The van der Waals surface area contributed by atoms with Gasteiger partial charge < -0.3 is 9.73 Å². The lowest BCUT2D eigenvalue weighted by Gasteiger charge is -2.14. The average Bonchev–Trinajstić information content (AvgIpc) is 2.74. The van der Waals surface area contributed by atoms with E-state index in [1.165, 1.54) is 13.8 Å². The van der Waals surface area contributed by atoms with E-state index in [-0.39, 0.29) is 28.0 Å². The summed E-state index contributed by atoms with van der Waals surface area (Å²) < 4.78 is 28.6. The Balaban J connectivity index is 2.35. The van der Waals surface area contributed by atoms with Crippen LogP contribution in [0.15, 0.2) is 39.6 Å². The summed E-state index contributed by atoms with van der Waals surface area (Å²) in [5.41, 5.74) is 0.869. The molecule has 1 atom stereocenters. The summed E-state index contributed by atoms with van der Waals surface area (Å²) >= 11 is 0. The highest BCUT2D eigenvalue weighted by atomic mass is 32.2. The first-order valence-corrected chi connectivity index (χ1v) is 8.25. The van der Waals surface area contributed by atoms with Crippen LogP contribution >= 0.6 is 0 Å². The molecular formula is C15H18N2O4S. The summed E-state index contributed by atoms with van der Waals surface area (Å²) in [6, 6.07) is 9.07. The molecule has 1 aromatic carbocycles. The number of carbonyl (C=O) groups is 1. The molecule has 1 aromatic heterocycles. The number of aryl methyl sites for hydroxylation is 2. The van der Waals surface area contributed by atoms with Gasteiger partial charge in [0.15, 0.2) is 0 Å².